The van der Waals surface area contributed by atoms with Gasteiger partial charge in [0.25, 0.3) is 5.91 Å². The SMILES string of the molecule is CC[C@@H](Nc1cc(F)c(C(=O)N[C@@H](Cc2ccc(-c3nccc(OC)c3C(F)(F)F)c3ncccc23)C(=O)OC)c(F)c1)C(F)(F)F. The van der Waals surface area contributed by atoms with E-state index in [1.165, 1.54) is 37.4 Å². The number of carbonyl (C=O) groups is 2. The summed E-state index contributed by atoms with van der Waals surface area (Å²) in [4.78, 5) is 33.9. The van der Waals surface area contributed by atoms with Crippen molar-refractivity contribution >= 4 is 28.5 Å². The lowest BCUT2D eigenvalue weighted by Gasteiger charge is -2.22. The molecule has 0 radical (unpaired) electrons. The van der Waals surface area contributed by atoms with E-state index in [0.717, 1.165) is 26.5 Å². The largest absolute Gasteiger partial charge is 0.496 e. The molecule has 0 aliphatic carbocycles. The van der Waals surface area contributed by atoms with Crippen LogP contribution in [0, 0.1) is 11.6 Å². The van der Waals surface area contributed by atoms with Gasteiger partial charge in [0.2, 0.25) is 0 Å². The standard InChI is InChI=1S/C31H26F8N4O4/c1-4-23(30(34,35)36)42-16-13-19(32)24(20(33)14-16)28(44)43-21(29(45)47-3)12-15-7-8-18(26-17(15)6-5-10-40-26)27-25(31(37,38)39)22(46-2)9-11-41-27/h5-11,13-14,21,23,42H,4,12H2,1-3H3,(H,43,44)/t21-,23+/m0/s1. The molecule has 0 saturated carbocycles. The molecule has 1 amide bonds. The number of esters is 1. The molecule has 16 heteroatoms. The second-order valence-corrected chi connectivity index (χ2v) is 10.1. The quantitative estimate of drug-likeness (QED) is 0.140. The van der Waals surface area contributed by atoms with Gasteiger partial charge in [-0.3, -0.25) is 14.8 Å². The summed E-state index contributed by atoms with van der Waals surface area (Å²) < 4.78 is 121. The minimum Gasteiger partial charge on any atom is -0.496 e. The molecule has 2 N–H and O–H groups in total. The molecule has 4 rings (SSSR count). The van der Waals surface area contributed by atoms with Crippen LogP contribution >= 0.6 is 0 Å². The Balaban J connectivity index is 1.69. The highest BCUT2D eigenvalue weighted by Gasteiger charge is 2.40. The predicted octanol–water partition coefficient (Wildman–Crippen LogP) is 6.87. The first kappa shape index (κ1) is 34.8. The van der Waals surface area contributed by atoms with E-state index in [2.05, 4.69) is 15.3 Å². The summed E-state index contributed by atoms with van der Waals surface area (Å²) in [5.74, 6) is -5.94. The van der Waals surface area contributed by atoms with Gasteiger partial charge in [0.1, 0.15) is 40.6 Å². The van der Waals surface area contributed by atoms with Crippen LogP contribution in [0.3, 0.4) is 0 Å². The zero-order valence-electron chi connectivity index (χ0n) is 24.8. The summed E-state index contributed by atoms with van der Waals surface area (Å²) in [7, 11) is 2.07. The third kappa shape index (κ3) is 7.52. The van der Waals surface area contributed by atoms with Gasteiger partial charge in [-0.1, -0.05) is 25.1 Å². The molecule has 250 valence electrons. The van der Waals surface area contributed by atoms with Crippen molar-refractivity contribution in [2.75, 3.05) is 19.5 Å². The molecule has 0 bridgehead atoms. The summed E-state index contributed by atoms with van der Waals surface area (Å²) in [5, 5.41) is 4.41. The Kier molecular flexibility index (Phi) is 10.2. The van der Waals surface area contributed by atoms with Crippen LogP contribution in [0.5, 0.6) is 5.75 Å². The molecule has 0 spiro atoms. The van der Waals surface area contributed by atoms with E-state index < -0.39 is 82.6 Å². The van der Waals surface area contributed by atoms with E-state index in [1.807, 2.05) is 5.32 Å². The predicted molar refractivity (Wildman–Crippen MR) is 154 cm³/mol. The smallest absolute Gasteiger partial charge is 0.422 e. The third-order valence-electron chi connectivity index (χ3n) is 7.16. The zero-order valence-corrected chi connectivity index (χ0v) is 24.8. The average molecular weight is 671 g/mol. The average Bonchev–Trinajstić information content (AvgIpc) is 3.01. The van der Waals surface area contributed by atoms with Crippen LogP contribution in [0.25, 0.3) is 22.2 Å². The van der Waals surface area contributed by atoms with Crippen molar-refractivity contribution in [3.8, 4) is 17.0 Å². The van der Waals surface area contributed by atoms with Gasteiger partial charge in [-0.25, -0.2) is 13.6 Å². The fraction of sp³-hybridized carbons (Fsp3) is 0.290. The summed E-state index contributed by atoms with van der Waals surface area (Å²) >= 11 is 0. The van der Waals surface area contributed by atoms with E-state index >= 15 is 0 Å². The fourth-order valence-electron chi connectivity index (χ4n) is 4.97. The Morgan fingerprint density at radius 3 is 2.19 bits per heavy atom. The van der Waals surface area contributed by atoms with Gasteiger partial charge in [-0.05, 0) is 36.2 Å². The van der Waals surface area contributed by atoms with E-state index in [4.69, 9.17) is 9.47 Å². The number of hydrogen-bond acceptors (Lipinski definition) is 7. The molecule has 8 nitrogen and oxygen atoms in total. The van der Waals surface area contributed by atoms with Crippen LogP contribution < -0.4 is 15.4 Å². The molecular formula is C31H26F8N4O4. The summed E-state index contributed by atoms with van der Waals surface area (Å²) in [6, 6.07) is 4.03. The number of amides is 1. The van der Waals surface area contributed by atoms with Crippen molar-refractivity contribution < 1.29 is 54.2 Å². The van der Waals surface area contributed by atoms with Gasteiger partial charge >= 0.3 is 18.3 Å². The van der Waals surface area contributed by atoms with Crippen molar-refractivity contribution in [3.05, 3.63) is 83.2 Å². The number of alkyl halides is 6. The molecule has 0 aliphatic heterocycles. The highest BCUT2D eigenvalue weighted by atomic mass is 19.4. The number of nitrogens with one attached hydrogen (secondary N) is 2. The Labute approximate surface area is 262 Å². The molecule has 2 heterocycles. The normalized spacial score (nSPS) is 13.2. The number of fused-ring (bicyclic) bond motifs is 1. The second kappa shape index (κ2) is 13.8. The van der Waals surface area contributed by atoms with Gasteiger partial charge in [-0.2, -0.15) is 26.3 Å². The molecule has 2 aromatic carbocycles. The van der Waals surface area contributed by atoms with Crippen LogP contribution in [0.2, 0.25) is 0 Å². The first-order chi connectivity index (χ1) is 22.1. The molecule has 0 fully saturated rings. The number of anilines is 1. The number of carbonyl (C=O) groups excluding carboxylic acids is 2. The lowest BCUT2D eigenvalue weighted by Crippen LogP contribution is -2.43. The molecule has 0 aliphatic rings. The Bertz CT molecular complexity index is 1770. The Morgan fingerprint density at radius 2 is 1.62 bits per heavy atom. The van der Waals surface area contributed by atoms with Crippen LogP contribution in [-0.2, 0) is 22.1 Å². The molecule has 4 aromatic rings. The molecule has 0 saturated heterocycles. The number of benzene rings is 2. The van der Waals surface area contributed by atoms with Crippen LogP contribution in [0.15, 0.2) is 54.9 Å². The van der Waals surface area contributed by atoms with Gasteiger partial charge in [0, 0.05) is 35.5 Å². The minimum absolute atomic E-state index is 0.0251. The second-order valence-electron chi connectivity index (χ2n) is 10.1. The van der Waals surface area contributed by atoms with Gasteiger partial charge in [0.15, 0.2) is 0 Å². The number of methoxy groups -OCH3 is 2. The first-order valence-corrected chi connectivity index (χ1v) is 13.8. The van der Waals surface area contributed by atoms with Crippen molar-refractivity contribution in [2.45, 2.75) is 44.2 Å². The number of nitrogens with zero attached hydrogens (tertiary/aromatic N) is 2. The molecular weight excluding hydrogens is 644 g/mol. The molecule has 2 atom stereocenters. The lowest BCUT2D eigenvalue weighted by atomic mass is 9.95. The highest BCUT2D eigenvalue weighted by Crippen LogP contribution is 2.43. The van der Waals surface area contributed by atoms with Gasteiger partial charge < -0.3 is 20.1 Å². The lowest BCUT2D eigenvalue weighted by molar-refractivity contribution is -0.143. The number of ether oxygens (including phenoxy) is 2. The fourth-order valence-corrected chi connectivity index (χ4v) is 4.97. The number of aromatic nitrogens is 2. The van der Waals surface area contributed by atoms with E-state index in [1.54, 1.807) is 0 Å². The minimum atomic E-state index is -4.86. The summed E-state index contributed by atoms with van der Waals surface area (Å²) in [6.07, 6.45) is -7.93. The van der Waals surface area contributed by atoms with E-state index in [0.29, 0.717) is 12.1 Å². The maximum absolute atomic E-state index is 14.9. The molecule has 2 aromatic heterocycles. The van der Waals surface area contributed by atoms with Gasteiger partial charge in [0.05, 0.1) is 25.4 Å². The number of pyridine rings is 2. The van der Waals surface area contributed by atoms with E-state index in [-0.39, 0.29) is 28.5 Å². The van der Waals surface area contributed by atoms with Gasteiger partial charge in [-0.15, -0.1) is 0 Å². The van der Waals surface area contributed by atoms with Crippen molar-refractivity contribution in [1.29, 1.82) is 0 Å². The van der Waals surface area contributed by atoms with Crippen LogP contribution in [0.4, 0.5) is 40.8 Å². The summed E-state index contributed by atoms with van der Waals surface area (Å²) in [6.45, 7) is 1.22. The Hall–Kier alpha value is -5.02. The number of rotatable bonds is 10. The van der Waals surface area contributed by atoms with Crippen molar-refractivity contribution in [2.24, 2.45) is 0 Å². The summed E-state index contributed by atoms with van der Waals surface area (Å²) in [5.41, 5.74) is -3.05. The monoisotopic (exact) mass is 670 g/mol. The van der Waals surface area contributed by atoms with Crippen molar-refractivity contribution in [1.82, 2.24) is 15.3 Å². The molecule has 0 unspecified atom stereocenters. The number of halogens is 8. The van der Waals surface area contributed by atoms with E-state index in [9.17, 15) is 44.7 Å². The third-order valence-corrected chi connectivity index (χ3v) is 7.16. The van der Waals surface area contributed by atoms with Crippen LogP contribution in [-0.4, -0.2) is 54.3 Å². The maximum atomic E-state index is 14.9. The highest BCUT2D eigenvalue weighted by molar-refractivity contribution is 5.99. The topological polar surface area (TPSA) is 102 Å². The zero-order chi connectivity index (χ0) is 34.7. The number of hydrogen-bond donors (Lipinski definition) is 2. The first-order valence-electron chi connectivity index (χ1n) is 13.8. The maximum Gasteiger partial charge on any atom is 0.422 e. The Morgan fingerprint density at radius 1 is 0.936 bits per heavy atom. The molecule has 47 heavy (non-hydrogen) atoms. The van der Waals surface area contributed by atoms with Crippen LogP contribution in [0.1, 0.15) is 34.8 Å². The van der Waals surface area contributed by atoms with Crippen molar-refractivity contribution in [3.63, 3.8) is 0 Å².